The van der Waals surface area contributed by atoms with Crippen LogP contribution in [0.4, 0.5) is 5.69 Å². The zero-order chi connectivity index (χ0) is 19.3. The van der Waals surface area contributed by atoms with Gasteiger partial charge < -0.3 is 19.7 Å². The molecule has 6 heteroatoms. The van der Waals surface area contributed by atoms with Crippen LogP contribution in [0.5, 0.6) is 11.5 Å². The van der Waals surface area contributed by atoms with Crippen LogP contribution in [0.15, 0.2) is 48.5 Å². The van der Waals surface area contributed by atoms with Crippen LogP contribution in [0.3, 0.4) is 0 Å². The molecule has 1 atom stereocenters. The summed E-state index contributed by atoms with van der Waals surface area (Å²) >= 11 is 0. The van der Waals surface area contributed by atoms with E-state index in [4.69, 9.17) is 9.47 Å². The number of carbonyl (C=O) groups excluding carboxylic acids is 1. The molecule has 1 N–H and O–H groups in total. The van der Waals surface area contributed by atoms with Gasteiger partial charge in [0.25, 0.3) is 0 Å². The van der Waals surface area contributed by atoms with Crippen molar-refractivity contribution in [3.63, 3.8) is 0 Å². The summed E-state index contributed by atoms with van der Waals surface area (Å²) < 4.78 is 11.2. The second-order valence-corrected chi connectivity index (χ2v) is 7.31. The number of fused-ring (bicyclic) bond motifs is 1. The Hall–Kier alpha value is -2.73. The second-order valence-electron chi connectivity index (χ2n) is 7.31. The fourth-order valence-electron chi connectivity index (χ4n) is 3.69. The van der Waals surface area contributed by atoms with Crippen LogP contribution in [0.1, 0.15) is 12.5 Å². The van der Waals surface area contributed by atoms with Crippen molar-refractivity contribution < 1.29 is 14.3 Å². The number of hydrogen-bond acceptors (Lipinski definition) is 5. The Kier molecular flexibility index (Phi) is 5.67. The molecule has 0 saturated carbocycles. The van der Waals surface area contributed by atoms with Crippen molar-refractivity contribution in [1.82, 2.24) is 9.80 Å². The van der Waals surface area contributed by atoms with Crippen molar-refractivity contribution in [2.24, 2.45) is 0 Å². The van der Waals surface area contributed by atoms with Gasteiger partial charge in [-0.1, -0.05) is 30.3 Å². The Labute approximate surface area is 166 Å². The number of amides is 1. The van der Waals surface area contributed by atoms with E-state index in [1.807, 2.05) is 36.1 Å². The summed E-state index contributed by atoms with van der Waals surface area (Å²) in [6, 6.07) is 15.9. The van der Waals surface area contributed by atoms with Gasteiger partial charge in [-0.25, -0.2) is 0 Å². The van der Waals surface area contributed by atoms with Gasteiger partial charge in [-0.05, 0) is 24.6 Å². The molecule has 2 aliphatic rings. The van der Waals surface area contributed by atoms with E-state index in [0.717, 1.165) is 49.9 Å². The van der Waals surface area contributed by atoms with Gasteiger partial charge in [0.05, 0.1) is 0 Å². The Morgan fingerprint density at radius 1 is 1.00 bits per heavy atom. The first-order chi connectivity index (χ1) is 13.7. The topological polar surface area (TPSA) is 54.0 Å². The largest absolute Gasteiger partial charge is 0.486 e. The highest BCUT2D eigenvalue weighted by Gasteiger charge is 2.25. The molecule has 0 radical (unpaired) electrons. The summed E-state index contributed by atoms with van der Waals surface area (Å²) in [5, 5.41) is 3.30. The fourth-order valence-corrected chi connectivity index (χ4v) is 3.69. The Morgan fingerprint density at radius 2 is 1.71 bits per heavy atom. The minimum atomic E-state index is -0.289. The third-order valence-electron chi connectivity index (χ3n) is 5.23. The summed E-state index contributed by atoms with van der Waals surface area (Å²) in [5.74, 6) is 1.62. The first-order valence-corrected chi connectivity index (χ1v) is 9.90. The number of carbonyl (C=O) groups is 1. The average molecular weight is 381 g/mol. The number of rotatable bonds is 5. The number of benzene rings is 2. The molecule has 2 heterocycles. The molecule has 2 aliphatic heterocycles. The van der Waals surface area contributed by atoms with Crippen LogP contribution in [-0.2, 0) is 11.3 Å². The highest BCUT2D eigenvalue weighted by atomic mass is 16.6. The zero-order valence-corrected chi connectivity index (χ0v) is 16.3. The normalized spacial score (nSPS) is 17.8. The van der Waals surface area contributed by atoms with Gasteiger partial charge in [-0.3, -0.25) is 9.69 Å². The number of ether oxygens (including phenoxy) is 2. The van der Waals surface area contributed by atoms with Crippen LogP contribution in [0, 0.1) is 0 Å². The van der Waals surface area contributed by atoms with E-state index in [0.29, 0.717) is 13.2 Å². The molecule has 1 amide bonds. The number of nitrogens with zero attached hydrogens (tertiary/aromatic N) is 2. The molecule has 0 bridgehead atoms. The quantitative estimate of drug-likeness (QED) is 0.863. The van der Waals surface area contributed by atoms with Gasteiger partial charge in [-0.15, -0.1) is 0 Å². The van der Waals surface area contributed by atoms with E-state index in [9.17, 15) is 4.79 Å². The Morgan fingerprint density at radius 3 is 2.46 bits per heavy atom. The summed E-state index contributed by atoms with van der Waals surface area (Å²) in [6.45, 7) is 7.30. The SMILES string of the molecule is C[C@@H](Nc1ccc2c(c1)OCCO2)C(=O)N1CCN(Cc2ccccc2)CC1. The summed E-state index contributed by atoms with van der Waals surface area (Å²) in [5.41, 5.74) is 2.18. The number of nitrogens with one attached hydrogen (secondary N) is 1. The Balaban J connectivity index is 1.29. The van der Waals surface area contributed by atoms with E-state index >= 15 is 0 Å². The standard InChI is InChI=1S/C22H27N3O3/c1-17(23-19-7-8-20-21(15-19)28-14-13-27-20)22(26)25-11-9-24(10-12-25)16-18-5-3-2-4-6-18/h2-8,15,17,23H,9-14,16H2,1H3/t17-/m1/s1. The second kappa shape index (κ2) is 8.52. The number of anilines is 1. The van der Waals surface area contributed by atoms with Crippen LogP contribution in [0.25, 0.3) is 0 Å². The first kappa shape index (κ1) is 18.6. The molecule has 2 aromatic carbocycles. The molecule has 0 aromatic heterocycles. The van der Waals surface area contributed by atoms with E-state index < -0.39 is 0 Å². The molecule has 0 aliphatic carbocycles. The average Bonchev–Trinajstić information content (AvgIpc) is 2.74. The highest BCUT2D eigenvalue weighted by Crippen LogP contribution is 2.32. The van der Waals surface area contributed by atoms with Crippen molar-refractivity contribution in [2.45, 2.75) is 19.5 Å². The number of piperazine rings is 1. The highest BCUT2D eigenvalue weighted by molar-refractivity contribution is 5.84. The molecule has 2 aromatic rings. The van der Waals surface area contributed by atoms with E-state index in [2.05, 4.69) is 34.5 Å². The third-order valence-corrected chi connectivity index (χ3v) is 5.23. The predicted molar refractivity (Wildman–Crippen MR) is 109 cm³/mol. The van der Waals surface area contributed by atoms with Crippen molar-refractivity contribution in [1.29, 1.82) is 0 Å². The van der Waals surface area contributed by atoms with Crippen molar-refractivity contribution in [2.75, 3.05) is 44.7 Å². The summed E-state index contributed by atoms with van der Waals surface area (Å²) in [6.07, 6.45) is 0. The molecule has 1 fully saturated rings. The maximum atomic E-state index is 12.8. The summed E-state index contributed by atoms with van der Waals surface area (Å²) in [4.78, 5) is 17.2. The fraction of sp³-hybridized carbons (Fsp3) is 0.409. The lowest BCUT2D eigenvalue weighted by atomic mass is 10.2. The lowest BCUT2D eigenvalue weighted by Crippen LogP contribution is -2.51. The lowest BCUT2D eigenvalue weighted by Gasteiger charge is -2.36. The summed E-state index contributed by atoms with van der Waals surface area (Å²) in [7, 11) is 0. The van der Waals surface area contributed by atoms with Crippen molar-refractivity contribution in [3.05, 3.63) is 54.1 Å². The van der Waals surface area contributed by atoms with Gasteiger partial charge in [0.15, 0.2) is 11.5 Å². The molecular weight excluding hydrogens is 354 g/mol. The monoisotopic (exact) mass is 381 g/mol. The minimum absolute atomic E-state index is 0.134. The van der Waals surface area contributed by atoms with Crippen LogP contribution < -0.4 is 14.8 Å². The maximum Gasteiger partial charge on any atom is 0.244 e. The van der Waals surface area contributed by atoms with E-state index in [1.54, 1.807) is 0 Å². The maximum absolute atomic E-state index is 12.8. The molecular formula is C22H27N3O3. The van der Waals surface area contributed by atoms with Crippen LogP contribution in [-0.4, -0.2) is 61.1 Å². The van der Waals surface area contributed by atoms with Gasteiger partial charge in [0, 0.05) is 44.5 Å². The molecule has 148 valence electrons. The third kappa shape index (κ3) is 4.39. The van der Waals surface area contributed by atoms with E-state index in [-0.39, 0.29) is 11.9 Å². The molecule has 28 heavy (non-hydrogen) atoms. The molecule has 4 rings (SSSR count). The smallest absolute Gasteiger partial charge is 0.244 e. The van der Waals surface area contributed by atoms with Crippen LogP contribution >= 0.6 is 0 Å². The van der Waals surface area contributed by atoms with Gasteiger partial charge in [-0.2, -0.15) is 0 Å². The van der Waals surface area contributed by atoms with Crippen LogP contribution in [0.2, 0.25) is 0 Å². The van der Waals surface area contributed by atoms with Gasteiger partial charge in [0.2, 0.25) is 5.91 Å². The van der Waals surface area contributed by atoms with Gasteiger partial charge in [0.1, 0.15) is 19.3 Å². The Bertz CT molecular complexity index is 804. The molecule has 0 unspecified atom stereocenters. The number of hydrogen-bond donors (Lipinski definition) is 1. The van der Waals surface area contributed by atoms with Crippen molar-refractivity contribution >= 4 is 11.6 Å². The van der Waals surface area contributed by atoms with Crippen molar-refractivity contribution in [3.8, 4) is 11.5 Å². The molecule has 1 saturated heterocycles. The zero-order valence-electron chi connectivity index (χ0n) is 16.3. The molecule has 6 nitrogen and oxygen atoms in total. The first-order valence-electron chi connectivity index (χ1n) is 9.90. The lowest BCUT2D eigenvalue weighted by molar-refractivity contribution is -0.133. The van der Waals surface area contributed by atoms with Gasteiger partial charge >= 0.3 is 0 Å². The molecule has 0 spiro atoms. The van der Waals surface area contributed by atoms with E-state index in [1.165, 1.54) is 5.56 Å². The predicted octanol–water partition coefficient (Wildman–Crippen LogP) is 2.60. The minimum Gasteiger partial charge on any atom is -0.486 e.